The van der Waals surface area contributed by atoms with Crippen molar-refractivity contribution in [2.45, 2.75) is 20.3 Å². The van der Waals surface area contributed by atoms with E-state index in [1.807, 2.05) is 31.2 Å². The van der Waals surface area contributed by atoms with Crippen molar-refractivity contribution in [1.82, 2.24) is 0 Å². The quantitative estimate of drug-likeness (QED) is 0.780. The summed E-state index contributed by atoms with van der Waals surface area (Å²) in [5.74, 6) is -1.11. The predicted molar refractivity (Wildman–Crippen MR) is 71.9 cm³/mol. The van der Waals surface area contributed by atoms with Crippen LogP contribution in [0, 0.1) is 12.8 Å². The van der Waals surface area contributed by atoms with E-state index in [1.54, 1.807) is 6.92 Å². The fraction of sp³-hybridized carbons (Fsp3) is 0.357. The van der Waals surface area contributed by atoms with E-state index in [0.717, 1.165) is 11.3 Å². The fourth-order valence-electron chi connectivity index (χ4n) is 2.06. The van der Waals surface area contributed by atoms with Gasteiger partial charge in [-0.2, -0.15) is 10.1 Å². The lowest BCUT2D eigenvalue weighted by molar-refractivity contribution is -0.142. The van der Waals surface area contributed by atoms with Gasteiger partial charge in [-0.3, -0.25) is 9.59 Å². The summed E-state index contributed by atoms with van der Waals surface area (Å²) in [4.78, 5) is 23.6. The maximum atomic E-state index is 12.3. The number of methoxy groups -OCH3 is 1. The average molecular weight is 260 g/mol. The summed E-state index contributed by atoms with van der Waals surface area (Å²) in [5.41, 5.74) is 2.35. The van der Waals surface area contributed by atoms with Crippen LogP contribution in [0.25, 0.3) is 0 Å². The van der Waals surface area contributed by atoms with Crippen LogP contribution in [0.15, 0.2) is 29.4 Å². The first kappa shape index (κ1) is 13.3. The number of esters is 1. The molecule has 1 atom stereocenters. The van der Waals surface area contributed by atoms with Crippen molar-refractivity contribution in [2.75, 3.05) is 12.1 Å². The highest BCUT2D eigenvalue weighted by atomic mass is 16.5. The van der Waals surface area contributed by atoms with Crippen molar-refractivity contribution in [3.63, 3.8) is 0 Å². The van der Waals surface area contributed by atoms with Crippen LogP contribution in [-0.4, -0.2) is 24.7 Å². The Hall–Kier alpha value is -2.17. The summed E-state index contributed by atoms with van der Waals surface area (Å²) >= 11 is 0. The van der Waals surface area contributed by atoms with E-state index in [-0.39, 0.29) is 12.3 Å². The Balaban J connectivity index is 2.26. The molecule has 5 nitrogen and oxygen atoms in total. The molecular formula is C14H16N2O3. The number of nitrogens with zero attached hydrogens (tertiary/aromatic N) is 2. The number of benzene rings is 1. The van der Waals surface area contributed by atoms with Gasteiger partial charge in [0.25, 0.3) is 5.91 Å². The number of amides is 1. The third-order valence-corrected chi connectivity index (χ3v) is 3.21. The molecule has 0 fully saturated rings. The highest BCUT2D eigenvalue weighted by Crippen LogP contribution is 2.28. The number of hydrogen-bond donors (Lipinski definition) is 0. The van der Waals surface area contributed by atoms with Gasteiger partial charge in [0, 0.05) is 5.71 Å². The minimum atomic E-state index is -0.521. The maximum Gasteiger partial charge on any atom is 0.306 e. The number of carbonyl (C=O) groups is 2. The monoisotopic (exact) mass is 260 g/mol. The predicted octanol–water partition coefficient (Wildman–Crippen LogP) is 1.90. The van der Waals surface area contributed by atoms with E-state index in [4.69, 9.17) is 0 Å². The highest BCUT2D eigenvalue weighted by Gasteiger charge is 2.36. The second kappa shape index (κ2) is 5.22. The molecule has 0 aliphatic carbocycles. The zero-order valence-corrected chi connectivity index (χ0v) is 11.2. The third-order valence-electron chi connectivity index (χ3n) is 3.21. The summed E-state index contributed by atoms with van der Waals surface area (Å²) in [5, 5.41) is 5.64. The molecule has 5 heteroatoms. The third kappa shape index (κ3) is 2.50. The summed E-state index contributed by atoms with van der Waals surface area (Å²) in [7, 11) is 1.31. The lowest BCUT2D eigenvalue weighted by Gasteiger charge is -2.15. The Morgan fingerprint density at radius 3 is 2.68 bits per heavy atom. The molecular weight excluding hydrogens is 244 g/mol. The molecule has 1 aromatic carbocycles. The van der Waals surface area contributed by atoms with Gasteiger partial charge in [-0.05, 0) is 25.5 Å². The van der Waals surface area contributed by atoms with Gasteiger partial charge in [-0.15, -0.1) is 0 Å². The molecule has 0 N–H and O–H groups in total. The first-order chi connectivity index (χ1) is 9.04. The number of hydrazone groups is 1. The van der Waals surface area contributed by atoms with Gasteiger partial charge in [0.2, 0.25) is 0 Å². The van der Waals surface area contributed by atoms with E-state index >= 15 is 0 Å². The molecule has 0 aromatic heterocycles. The number of ether oxygens (including phenoxy) is 1. The first-order valence-corrected chi connectivity index (χ1v) is 6.06. The minimum absolute atomic E-state index is 0.0348. The number of anilines is 1. The standard InChI is InChI=1S/C14H16N2O3/c1-9-6-4-5-7-12(9)16-14(18)11(10(2)15-16)8-13(17)19-3/h4-7,11H,8H2,1-3H3. The summed E-state index contributed by atoms with van der Waals surface area (Å²) in [6.07, 6.45) is 0.0348. The molecule has 2 rings (SSSR count). The fourth-order valence-corrected chi connectivity index (χ4v) is 2.06. The van der Waals surface area contributed by atoms with E-state index < -0.39 is 11.9 Å². The molecule has 0 radical (unpaired) electrons. The second-order valence-corrected chi connectivity index (χ2v) is 4.51. The van der Waals surface area contributed by atoms with Crippen molar-refractivity contribution in [3.8, 4) is 0 Å². The summed E-state index contributed by atoms with van der Waals surface area (Å²) in [6, 6.07) is 7.52. The Labute approximate surface area is 111 Å². The Kier molecular flexibility index (Phi) is 3.64. The average Bonchev–Trinajstić information content (AvgIpc) is 2.67. The zero-order chi connectivity index (χ0) is 14.0. The smallest absolute Gasteiger partial charge is 0.306 e. The molecule has 1 aliphatic heterocycles. The molecule has 100 valence electrons. The second-order valence-electron chi connectivity index (χ2n) is 4.51. The number of carbonyl (C=O) groups excluding carboxylic acids is 2. The largest absolute Gasteiger partial charge is 0.469 e. The van der Waals surface area contributed by atoms with Gasteiger partial charge in [0.1, 0.15) is 0 Å². The summed E-state index contributed by atoms with van der Waals surface area (Å²) < 4.78 is 4.61. The van der Waals surface area contributed by atoms with Gasteiger partial charge < -0.3 is 4.74 Å². The Morgan fingerprint density at radius 1 is 1.37 bits per heavy atom. The van der Waals surface area contributed by atoms with Crippen LogP contribution in [0.3, 0.4) is 0 Å². The van der Waals surface area contributed by atoms with Crippen LogP contribution in [0.1, 0.15) is 18.9 Å². The van der Waals surface area contributed by atoms with Crippen molar-refractivity contribution in [1.29, 1.82) is 0 Å². The normalized spacial score (nSPS) is 18.5. The zero-order valence-electron chi connectivity index (χ0n) is 11.2. The number of para-hydroxylation sites is 1. The van der Waals surface area contributed by atoms with Crippen molar-refractivity contribution in [2.24, 2.45) is 11.0 Å². The van der Waals surface area contributed by atoms with Gasteiger partial charge in [0.05, 0.1) is 25.1 Å². The van der Waals surface area contributed by atoms with Crippen molar-refractivity contribution >= 4 is 23.3 Å². The molecule has 1 amide bonds. The maximum absolute atomic E-state index is 12.3. The van der Waals surface area contributed by atoms with Crippen LogP contribution in [0.5, 0.6) is 0 Å². The molecule has 1 unspecified atom stereocenters. The SMILES string of the molecule is COC(=O)CC1C(=O)N(c2ccccc2C)N=C1C. The van der Waals surface area contributed by atoms with Crippen LogP contribution in [0.4, 0.5) is 5.69 Å². The van der Waals surface area contributed by atoms with Gasteiger partial charge >= 0.3 is 5.97 Å². The molecule has 1 aromatic rings. The Morgan fingerprint density at radius 2 is 2.05 bits per heavy atom. The number of rotatable bonds is 3. The lowest BCUT2D eigenvalue weighted by atomic mass is 10.0. The van der Waals surface area contributed by atoms with Gasteiger partial charge in [0.15, 0.2) is 0 Å². The molecule has 0 saturated carbocycles. The van der Waals surface area contributed by atoms with Crippen LogP contribution in [0.2, 0.25) is 0 Å². The topological polar surface area (TPSA) is 59.0 Å². The number of hydrogen-bond acceptors (Lipinski definition) is 4. The van der Waals surface area contributed by atoms with Gasteiger partial charge in [-0.1, -0.05) is 18.2 Å². The van der Waals surface area contributed by atoms with E-state index in [1.165, 1.54) is 12.1 Å². The van der Waals surface area contributed by atoms with Crippen LogP contribution >= 0.6 is 0 Å². The van der Waals surface area contributed by atoms with E-state index in [0.29, 0.717) is 5.71 Å². The van der Waals surface area contributed by atoms with Crippen LogP contribution < -0.4 is 5.01 Å². The summed E-state index contributed by atoms with van der Waals surface area (Å²) in [6.45, 7) is 3.67. The van der Waals surface area contributed by atoms with E-state index in [9.17, 15) is 9.59 Å². The molecule has 0 saturated heterocycles. The lowest BCUT2D eigenvalue weighted by Crippen LogP contribution is -2.29. The van der Waals surface area contributed by atoms with E-state index in [2.05, 4.69) is 9.84 Å². The Bertz CT molecular complexity index is 551. The van der Waals surface area contributed by atoms with Crippen molar-refractivity contribution in [3.05, 3.63) is 29.8 Å². The van der Waals surface area contributed by atoms with Crippen molar-refractivity contribution < 1.29 is 14.3 Å². The minimum Gasteiger partial charge on any atom is -0.469 e. The van der Waals surface area contributed by atoms with Crippen LogP contribution in [-0.2, 0) is 14.3 Å². The molecule has 0 bridgehead atoms. The molecule has 0 spiro atoms. The highest BCUT2D eigenvalue weighted by molar-refractivity contribution is 6.16. The molecule has 19 heavy (non-hydrogen) atoms. The molecule has 1 heterocycles. The molecule has 1 aliphatic rings. The first-order valence-electron chi connectivity index (χ1n) is 6.06. The number of aryl methyl sites for hydroxylation is 1. The van der Waals surface area contributed by atoms with Gasteiger partial charge in [-0.25, -0.2) is 0 Å².